The van der Waals surface area contributed by atoms with Gasteiger partial charge in [-0.25, -0.2) is 0 Å². The molecule has 10 heteroatoms. The Kier molecular flexibility index (Phi) is 6.50. The van der Waals surface area contributed by atoms with Crippen molar-refractivity contribution in [2.45, 2.75) is 64.6 Å². The number of methoxy groups -OCH3 is 1. The van der Waals surface area contributed by atoms with Gasteiger partial charge in [0.15, 0.2) is 11.9 Å². The number of rotatable bonds is 6. The summed E-state index contributed by atoms with van der Waals surface area (Å²) in [7, 11) is 1.27. The Hall–Kier alpha value is -3.17. The summed E-state index contributed by atoms with van der Waals surface area (Å²) in [5.74, 6) is -5.35. The van der Waals surface area contributed by atoms with Gasteiger partial charge in [-0.1, -0.05) is 13.8 Å². The highest BCUT2D eigenvalue weighted by Crippen LogP contribution is 2.65. The number of carboxylic acids is 1. The first-order chi connectivity index (χ1) is 16.5. The van der Waals surface area contributed by atoms with Gasteiger partial charge in [0.2, 0.25) is 0 Å². The van der Waals surface area contributed by atoms with Crippen LogP contribution in [0.3, 0.4) is 0 Å². The van der Waals surface area contributed by atoms with Gasteiger partial charge in [-0.3, -0.25) is 24.0 Å². The number of cyclic esters (lactones) is 1. The summed E-state index contributed by atoms with van der Waals surface area (Å²) in [6, 6.07) is 1.70. The van der Waals surface area contributed by atoms with Crippen LogP contribution in [0.1, 0.15) is 64.0 Å². The molecular formula is C25H30O10. The Labute approximate surface area is 202 Å². The highest BCUT2D eigenvalue weighted by Gasteiger charge is 2.67. The van der Waals surface area contributed by atoms with E-state index in [0.717, 1.165) is 0 Å². The monoisotopic (exact) mass is 490 g/mol. The summed E-state index contributed by atoms with van der Waals surface area (Å²) in [5, 5.41) is 8.86. The first kappa shape index (κ1) is 24.9. The lowest BCUT2D eigenvalue weighted by Gasteiger charge is -2.61. The van der Waals surface area contributed by atoms with Gasteiger partial charge in [0.25, 0.3) is 0 Å². The van der Waals surface area contributed by atoms with Gasteiger partial charge in [-0.05, 0) is 36.2 Å². The zero-order valence-corrected chi connectivity index (χ0v) is 20.0. The fourth-order valence-corrected chi connectivity index (χ4v) is 6.69. The Morgan fingerprint density at radius 3 is 2.54 bits per heavy atom. The number of hydrogen-bond acceptors (Lipinski definition) is 9. The lowest BCUT2D eigenvalue weighted by atomic mass is 9.43. The van der Waals surface area contributed by atoms with Crippen molar-refractivity contribution in [1.29, 1.82) is 0 Å². The van der Waals surface area contributed by atoms with E-state index in [1.807, 2.05) is 13.8 Å². The predicted molar refractivity (Wildman–Crippen MR) is 116 cm³/mol. The Morgan fingerprint density at radius 1 is 1.17 bits per heavy atom. The number of carboxylic acid groups (broad SMARTS) is 1. The third-order valence-corrected chi connectivity index (χ3v) is 8.32. The molecule has 0 spiro atoms. The van der Waals surface area contributed by atoms with Gasteiger partial charge in [-0.2, -0.15) is 0 Å². The van der Waals surface area contributed by atoms with E-state index in [-0.39, 0.29) is 12.2 Å². The smallest absolute Gasteiger partial charge is 0.310 e. The topological polar surface area (TPSA) is 146 Å². The number of esters is 3. The average Bonchev–Trinajstić information content (AvgIpc) is 3.33. The van der Waals surface area contributed by atoms with Crippen LogP contribution in [-0.4, -0.2) is 48.0 Å². The van der Waals surface area contributed by atoms with Gasteiger partial charge in [0.05, 0.1) is 44.3 Å². The molecule has 190 valence electrons. The van der Waals surface area contributed by atoms with Crippen LogP contribution in [0.5, 0.6) is 0 Å². The molecule has 7 atom stereocenters. The van der Waals surface area contributed by atoms with E-state index in [9.17, 15) is 24.0 Å². The van der Waals surface area contributed by atoms with Crippen LogP contribution >= 0.6 is 0 Å². The van der Waals surface area contributed by atoms with E-state index in [1.54, 1.807) is 6.07 Å². The van der Waals surface area contributed by atoms with E-state index in [2.05, 4.69) is 0 Å². The minimum Gasteiger partial charge on any atom is -0.481 e. The zero-order valence-electron chi connectivity index (χ0n) is 20.0. The van der Waals surface area contributed by atoms with Gasteiger partial charge in [0, 0.05) is 17.9 Å². The Morgan fingerprint density at radius 2 is 1.91 bits per heavy atom. The lowest BCUT2D eigenvalue weighted by molar-refractivity contribution is -0.210. The fraction of sp³-hybridized carbons (Fsp3) is 0.640. The van der Waals surface area contributed by atoms with E-state index in [0.29, 0.717) is 24.8 Å². The third kappa shape index (κ3) is 4.23. The van der Waals surface area contributed by atoms with Crippen molar-refractivity contribution in [1.82, 2.24) is 0 Å². The second kappa shape index (κ2) is 9.13. The van der Waals surface area contributed by atoms with Crippen molar-refractivity contribution in [3.63, 3.8) is 0 Å². The lowest BCUT2D eigenvalue weighted by Crippen LogP contribution is -2.64. The van der Waals surface area contributed by atoms with Crippen molar-refractivity contribution < 1.29 is 47.7 Å². The van der Waals surface area contributed by atoms with E-state index >= 15 is 0 Å². The van der Waals surface area contributed by atoms with E-state index in [1.165, 1.54) is 19.6 Å². The van der Waals surface area contributed by atoms with Crippen molar-refractivity contribution in [2.24, 2.45) is 28.6 Å². The first-order valence-corrected chi connectivity index (χ1v) is 11.8. The number of aliphatic carboxylic acids is 1. The highest BCUT2D eigenvalue weighted by atomic mass is 16.6. The number of carbonyl (C=O) groups excluding carboxylic acids is 4. The number of ketones is 1. The van der Waals surface area contributed by atoms with Gasteiger partial charge >= 0.3 is 23.9 Å². The molecule has 1 aromatic rings. The number of carbonyl (C=O) groups is 5. The Bertz CT molecular complexity index is 1030. The van der Waals surface area contributed by atoms with Gasteiger partial charge in [-0.15, -0.1) is 0 Å². The summed E-state index contributed by atoms with van der Waals surface area (Å²) in [5.41, 5.74) is -1.02. The molecule has 0 aromatic carbocycles. The molecule has 0 radical (unpaired) electrons. The SMILES string of the molecule is COC(=O)[C@@H]1C[C@H](OC(=O)CCC(=O)O)C(=O)[C@H]2[C@@]1(C)CC[C@H]1C(=O)O[C@H](c3ccoc3)C[C@]21C. The van der Waals surface area contributed by atoms with Crippen LogP contribution in [0.4, 0.5) is 0 Å². The van der Waals surface area contributed by atoms with Crippen LogP contribution < -0.4 is 0 Å². The highest BCUT2D eigenvalue weighted by molar-refractivity contribution is 5.93. The predicted octanol–water partition coefficient (Wildman–Crippen LogP) is 2.85. The van der Waals surface area contributed by atoms with Gasteiger partial charge < -0.3 is 23.7 Å². The minimum absolute atomic E-state index is 0.0479. The molecule has 0 bridgehead atoms. The minimum atomic E-state index is -1.24. The molecule has 0 amide bonds. The molecule has 1 aliphatic heterocycles. The van der Waals surface area contributed by atoms with Crippen molar-refractivity contribution in [3.05, 3.63) is 24.2 Å². The molecule has 3 fully saturated rings. The van der Waals surface area contributed by atoms with Crippen LogP contribution in [-0.2, 0) is 38.2 Å². The van der Waals surface area contributed by atoms with Crippen LogP contribution in [0.2, 0.25) is 0 Å². The normalized spacial score (nSPS) is 36.4. The molecular weight excluding hydrogens is 460 g/mol. The van der Waals surface area contributed by atoms with E-state index < -0.39 is 77.5 Å². The van der Waals surface area contributed by atoms with E-state index in [4.69, 9.17) is 23.7 Å². The number of ether oxygens (including phenoxy) is 3. The molecule has 1 saturated heterocycles. The number of hydrogen-bond donors (Lipinski definition) is 1. The molecule has 0 unspecified atom stereocenters. The molecule has 2 heterocycles. The molecule has 1 aromatic heterocycles. The number of Topliss-reactive ketones (excluding diaryl/α,β-unsaturated/α-hetero) is 1. The average molecular weight is 491 g/mol. The molecule has 10 nitrogen and oxygen atoms in total. The third-order valence-electron chi connectivity index (χ3n) is 8.32. The molecule has 2 saturated carbocycles. The largest absolute Gasteiger partial charge is 0.481 e. The second-order valence-electron chi connectivity index (χ2n) is 10.3. The maximum Gasteiger partial charge on any atom is 0.310 e. The van der Waals surface area contributed by atoms with Gasteiger partial charge in [0.1, 0.15) is 6.10 Å². The summed E-state index contributed by atoms with van der Waals surface area (Å²) in [6.45, 7) is 3.74. The van der Waals surface area contributed by atoms with Crippen molar-refractivity contribution in [2.75, 3.05) is 7.11 Å². The summed E-state index contributed by atoms with van der Waals surface area (Å²) >= 11 is 0. The molecule has 35 heavy (non-hydrogen) atoms. The van der Waals surface area contributed by atoms with Crippen LogP contribution in [0.25, 0.3) is 0 Å². The maximum absolute atomic E-state index is 13.9. The van der Waals surface area contributed by atoms with Crippen molar-refractivity contribution in [3.8, 4) is 0 Å². The first-order valence-electron chi connectivity index (χ1n) is 11.8. The quantitative estimate of drug-likeness (QED) is 0.466. The zero-order chi connectivity index (χ0) is 25.5. The van der Waals surface area contributed by atoms with Crippen LogP contribution in [0.15, 0.2) is 23.0 Å². The van der Waals surface area contributed by atoms with Crippen molar-refractivity contribution >= 4 is 29.7 Å². The van der Waals surface area contributed by atoms with Crippen LogP contribution in [0, 0.1) is 28.6 Å². The second-order valence-corrected chi connectivity index (χ2v) is 10.3. The summed E-state index contributed by atoms with van der Waals surface area (Å²) < 4.78 is 21.4. The molecule has 2 aliphatic carbocycles. The Balaban J connectivity index is 1.71. The number of fused-ring (bicyclic) bond motifs is 3. The number of furan rings is 1. The fourth-order valence-electron chi connectivity index (χ4n) is 6.69. The maximum atomic E-state index is 13.9. The summed E-state index contributed by atoms with van der Waals surface area (Å²) in [4.78, 5) is 63.1. The molecule has 4 rings (SSSR count). The summed E-state index contributed by atoms with van der Waals surface area (Å²) in [6.07, 6.45) is 1.46. The molecule has 3 aliphatic rings. The standard InChI is InChI=1S/C25H30O10/c1-24-8-6-14-23(31)35-17(13-7-9-33-12-13)11-25(14,2)21(24)20(29)16(10-15(24)22(30)32-3)34-19(28)5-4-18(26)27/h7,9,12,14-17,21H,4-6,8,10-11H2,1-3H3,(H,26,27)/t14-,15-,16-,17-,21-,24-,25-/m0/s1. The molecule has 1 N–H and O–H groups in total.